The predicted octanol–water partition coefficient (Wildman–Crippen LogP) is 1.89. The van der Waals surface area contributed by atoms with Crippen LogP contribution in [0.25, 0.3) is 0 Å². The number of carbonyl (C=O) groups is 1. The van der Waals surface area contributed by atoms with Gasteiger partial charge in [0.2, 0.25) is 0 Å². The highest BCUT2D eigenvalue weighted by atomic mass is 16.6. The fraction of sp³-hybridized carbons (Fsp3) is 0.786. The Labute approximate surface area is 114 Å². The van der Waals surface area contributed by atoms with Crippen LogP contribution < -0.4 is 5.32 Å². The van der Waals surface area contributed by atoms with Crippen LogP contribution in [-0.2, 0) is 9.47 Å². The number of amides is 1. The van der Waals surface area contributed by atoms with Crippen LogP contribution >= 0.6 is 0 Å². The Balaban J connectivity index is 1.97. The third-order valence-corrected chi connectivity index (χ3v) is 3.36. The third kappa shape index (κ3) is 3.94. The molecule has 0 bridgehead atoms. The topological polar surface area (TPSA) is 50.8 Å². The van der Waals surface area contributed by atoms with Crippen molar-refractivity contribution in [3.05, 3.63) is 12.3 Å². The highest BCUT2D eigenvalue weighted by Gasteiger charge is 2.34. The molecule has 0 saturated carbocycles. The van der Waals surface area contributed by atoms with Crippen molar-refractivity contribution in [2.24, 2.45) is 0 Å². The summed E-state index contributed by atoms with van der Waals surface area (Å²) in [5.74, 6) is 0. The van der Waals surface area contributed by atoms with Crippen LogP contribution in [0.15, 0.2) is 12.3 Å². The molecule has 0 aromatic heterocycles. The van der Waals surface area contributed by atoms with Crippen molar-refractivity contribution >= 4 is 6.09 Å². The van der Waals surface area contributed by atoms with Gasteiger partial charge in [-0.1, -0.05) is 0 Å². The van der Waals surface area contributed by atoms with E-state index in [1.165, 1.54) is 0 Å². The highest BCUT2D eigenvalue weighted by molar-refractivity contribution is 5.69. The van der Waals surface area contributed by atoms with Gasteiger partial charge in [-0.2, -0.15) is 0 Å². The molecule has 1 atom stereocenters. The summed E-state index contributed by atoms with van der Waals surface area (Å²) < 4.78 is 11.3. The molecule has 0 aromatic rings. The minimum atomic E-state index is -0.456. The van der Waals surface area contributed by atoms with E-state index < -0.39 is 5.60 Å². The Morgan fingerprint density at radius 1 is 1.37 bits per heavy atom. The molecular weight excluding hydrogens is 244 g/mol. The van der Waals surface area contributed by atoms with Crippen molar-refractivity contribution < 1.29 is 14.3 Å². The van der Waals surface area contributed by atoms with Crippen LogP contribution in [0.3, 0.4) is 0 Å². The van der Waals surface area contributed by atoms with Gasteiger partial charge in [-0.15, -0.1) is 0 Å². The summed E-state index contributed by atoms with van der Waals surface area (Å²) in [5.41, 5.74) is -0.662. The number of hydrogen-bond acceptors (Lipinski definition) is 4. The average Bonchev–Trinajstić information content (AvgIpc) is 2.54. The molecule has 0 aliphatic carbocycles. The van der Waals surface area contributed by atoms with E-state index in [-0.39, 0.29) is 11.7 Å². The van der Waals surface area contributed by atoms with Gasteiger partial charge in [0.25, 0.3) is 0 Å². The van der Waals surface area contributed by atoms with Crippen LogP contribution in [0.4, 0.5) is 4.79 Å². The van der Waals surface area contributed by atoms with Crippen molar-refractivity contribution in [1.29, 1.82) is 0 Å². The van der Waals surface area contributed by atoms with Gasteiger partial charge in [0.1, 0.15) is 5.60 Å². The molecule has 1 fully saturated rings. The summed E-state index contributed by atoms with van der Waals surface area (Å²) in [5, 5.41) is 3.32. The normalized spacial score (nSPS) is 28.3. The third-order valence-electron chi connectivity index (χ3n) is 3.36. The van der Waals surface area contributed by atoms with Gasteiger partial charge in [-0.3, -0.25) is 4.90 Å². The fourth-order valence-corrected chi connectivity index (χ4v) is 2.32. The van der Waals surface area contributed by atoms with Crippen molar-refractivity contribution in [3.8, 4) is 0 Å². The molecule has 1 unspecified atom stereocenters. The zero-order chi connectivity index (χ0) is 13.9. The van der Waals surface area contributed by atoms with E-state index >= 15 is 0 Å². The number of hydrogen-bond donors (Lipinski definition) is 1. The number of nitrogens with zero attached hydrogens (tertiary/aromatic N) is 1. The maximum Gasteiger partial charge on any atom is 0.414 e. The van der Waals surface area contributed by atoms with Gasteiger partial charge in [0.15, 0.2) is 0 Å². The summed E-state index contributed by atoms with van der Waals surface area (Å²) in [6, 6.07) is 0. The standard InChI is InChI=1S/C14H24N2O3/c1-13(2,3)19-12(17)16-9-5-14(6-10-16)4-7-15-8-11-18-14/h5,9,15H,4,6-8,10-11H2,1-3H3. The van der Waals surface area contributed by atoms with E-state index in [1.54, 1.807) is 4.90 Å². The van der Waals surface area contributed by atoms with Gasteiger partial charge < -0.3 is 14.8 Å². The molecule has 5 heteroatoms. The minimum Gasteiger partial charge on any atom is -0.443 e. The molecule has 1 spiro atoms. The quantitative estimate of drug-likeness (QED) is 0.729. The predicted molar refractivity (Wildman–Crippen MR) is 72.9 cm³/mol. The number of nitrogens with one attached hydrogen (secondary N) is 1. The van der Waals surface area contributed by atoms with E-state index in [9.17, 15) is 4.79 Å². The van der Waals surface area contributed by atoms with E-state index in [1.807, 2.05) is 33.0 Å². The number of ether oxygens (including phenoxy) is 2. The zero-order valence-corrected chi connectivity index (χ0v) is 12.1. The molecule has 1 amide bonds. The maximum atomic E-state index is 12.0. The molecule has 5 nitrogen and oxygen atoms in total. The van der Waals surface area contributed by atoms with Crippen molar-refractivity contribution in [2.75, 3.05) is 26.2 Å². The molecule has 2 aliphatic heterocycles. The van der Waals surface area contributed by atoms with Crippen molar-refractivity contribution in [3.63, 3.8) is 0 Å². The monoisotopic (exact) mass is 268 g/mol. The Morgan fingerprint density at radius 3 is 2.79 bits per heavy atom. The lowest BCUT2D eigenvalue weighted by atomic mass is 9.92. The second kappa shape index (κ2) is 5.51. The first-order valence-corrected chi connectivity index (χ1v) is 6.94. The van der Waals surface area contributed by atoms with Crippen LogP contribution in [-0.4, -0.2) is 48.4 Å². The van der Waals surface area contributed by atoms with Crippen LogP contribution in [0, 0.1) is 0 Å². The number of carbonyl (C=O) groups excluding carboxylic acids is 1. The van der Waals surface area contributed by atoms with E-state index in [0.717, 1.165) is 32.5 Å². The summed E-state index contributed by atoms with van der Waals surface area (Å²) in [4.78, 5) is 13.6. The molecule has 19 heavy (non-hydrogen) atoms. The Kier molecular flexibility index (Phi) is 4.16. The Hall–Kier alpha value is -1.07. The van der Waals surface area contributed by atoms with Crippen molar-refractivity contribution in [1.82, 2.24) is 10.2 Å². The molecule has 2 aliphatic rings. The molecule has 1 N–H and O–H groups in total. The minimum absolute atomic E-state index is 0.206. The fourth-order valence-electron chi connectivity index (χ4n) is 2.32. The van der Waals surface area contributed by atoms with Crippen molar-refractivity contribution in [2.45, 2.75) is 44.8 Å². The smallest absolute Gasteiger partial charge is 0.414 e. The second-order valence-electron chi connectivity index (χ2n) is 6.15. The summed E-state index contributed by atoms with van der Waals surface area (Å²) in [6.45, 7) is 8.84. The molecule has 0 radical (unpaired) electrons. The summed E-state index contributed by atoms with van der Waals surface area (Å²) in [6.07, 6.45) is 5.30. The lowest BCUT2D eigenvalue weighted by molar-refractivity contribution is -0.0211. The first-order chi connectivity index (χ1) is 8.90. The first kappa shape index (κ1) is 14.3. The SMILES string of the molecule is CC(C)(C)OC(=O)N1C=CC2(CCNCCO2)CC1. The van der Waals surface area contributed by atoms with Gasteiger partial charge in [0.05, 0.1) is 12.2 Å². The maximum absolute atomic E-state index is 12.0. The largest absolute Gasteiger partial charge is 0.443 e. The summed E-state index contributed by atoms with van der Waals surface area (Å²) in [7, 11) is 0. The molecule has 2 heterocycles. The van der Waals surface area contributed by atoms with Gasteiger partial charge in [-0.05, 0) is 46.2 Å². The Morgan fingerprint density at radius 2 is 2.16 bits per heavy atom. The highest BCUT2D eigenvalue weighted by Crippen LogP contribution is 2.28. The van der Waals surface area contributed by atoms with Gasteiger partial charge in [-0.25, -0.2) is 4.79 Å². The van der Waals surface area contributed by atoms with E-state index in [2.05, 4.69) is 5.32 Å². The van der Waals surface area contributed by atoms with Crippen LogP contribution in [0.2, 0.25) is 0 Å². The lowest BCUT2D eigenvalue weighted by Crippen LogP contribution is -2.43. The van der Waals surface area contributed by atoms with Crippen LogP contribution in [0.5, 0.6) is 0 Å². The average molecular weight is 268 g/mol. The zero-order valence-electron chi connectivity index (χ0n) is 12.1. The summed E-state index contributed by atoms with van der Waals surface area (Å²) >= 11 is 0. The van der Waals surface area contributed by atoms with E-state index in [4.69, 9.17) is 9.47 Å². The molecule has 2 rings (SSSR count). The van der Waals surface area contributed by atoms with E-state index in [0.29, 0.717) is 6.54 Å². The van der Waals surface area contributed by atoms with Gasteiger partial charge >= 0.3 is 6.09 Å². The molecule has 108 valence electrons. The Bertz CT molecular complexity index is 352. The van der Waals surface area contributed by atoms with Gasteiger partial charge in [0, 0.05) is 19.3 Å². The molecule has 1 saturated heterocycles. The molecule has 0 aromatic carbocycles. The number of rotatable bonds is 0. The first-order valence-electron chi connectivity index (χ1n) is 6.94. The lowest BCUT2D eigenvalue weighted by Gasteiger charge is -2.36. The second-order valence-corrected chi connectivity index (χ2v) is 6.15. The van der Waals surface area contributed by atoms with Crippen LogP contribution in [0.1, 0.15) is 33.6 Å². The molecular formula is C14H24N2O3.